The molecule has 0 bridgehead atoms. The van der Waals surface area contributed by atoms with Crippen molar-refractivity contribution in [3.8, 4) is 0 Å². The third kappa shape index (κ3) is 4.33. The molecule has 92 valence electrons. The number of aryl methyl sites for hydroxylation is 1. The van der Waals surface area contributed by atoms with E-state index in [1.54, 1.807) is 13.3 Å². The summed E-state index contributed by atoms with van der Waals surface area (Å²) in [4.78, 5) is 4.26. The lowest BCUT2D eigenvalue weighted by Crippen LogP contribution is -2.25. The number of nitrogens with one attached hydrogen (secondary N) is 1. The van der Waals surface area contributed by atoms with E-state index in [2.05, 4.69) is 10.3 Å². The van der Waals surface area contributed by atoms with Gasteiger partial charge in [-0.25, -0.2) is 4.98 Å². The zero-order valence-electron chi connectivity index (χ0n) is 10.7. The number of aromatic nitrogens is 1. The smallest absolute Gasteiger partial charge is 0.194 e. The second-order valence-electron chi connectivity index (χ2n) is 4.57. The van der Waals surface area contributed by atoms with Gasteiger partial charge in [0.2, 0.25) is 0 Å². The number of nitrogens with zero attached hydrogens (tertiary/aromatic N) is 1. The monoisotopic (exact) mass is 226 g/mol. The Bertz CT molecular complexity index is 308. The quantitative estimate of drug-likeness (QED) is 0.720. The molecule has 1 rings (SSSR count). The standard InChI is InChI=1S/C12H22N2O2/c1-12(2,15-4)8-10-9-14-11(16-10)6-5-7-13-3/h9,13H,5-8H2,1-4H3. The maximum absolute atomic E-state index is 5.65. The second-order valence-corrected chi connectivity index (χ2v) is 4.57. The third-order valence-electron chi connectivity index (χ3n) is 2.57. The number of methoxy groups -OCH3 is 1. The van der Waals surface area contributed by atoms with Gasteiger partial charge in [0.1, 0.15) is 5.76 Å². The fourth-order valence-electron chi connectivity index (χ4n) is 1.45. The molecule has 0 saturated carbocycles. The maximum atomic E-state index is 5.65. The van der Waals surface area contributed by atoms with Crippen molar-refractivity contribution in [3.05, 3.63) is 17.8 Å². The number of oxazole rings is 1. The predicted octanol–water partition coefficient (Wildman–Crippen LogP) is 1.79. The Morgan fingerprint density at radius 3 is 2.88 bits per heavy atom. The van der Waals surface area contributed by atoms with Gasteiger partial charge in [0.15, 0.2) is 5.89 Å². The lowest BCUT2D eigenvalue weighted by molar-refractivity contribution is 0.0190. The molecule has 0 saturated heterocycles. The zero-order chi connectivity index (χ0) is 12.0. The highest BCUT2D eigenvalue weighted by Crippen LogP contribution is 2.17. The summed E-state index contributed by atoms with van der Waals surface area (Å²) in [6, 6.07) is 0. The van der Waals surface area contributed by atoms with Crippen LogP contribution in [-0.2, 0) is 17.6 Å². The molecular formula is C12H22N2O2. The minimum absolute atomic E-state index is 0.193. The molecule has 0 aliphatic carbocycles. The minimum atomic E-state index is -0.193. The van der Waals surface area contributed by atoms with E-state index >= 15 is 0 Å². The molecule has 0 amide bonds. The van der Waals surface area contributed by atoms with Crippen LogP contribution in [0.2, 0.25) is 0 Å². The molecule has 0 spiro atoms. The molecule has 16 heavy (non-hydrogen) atoms. The molecule has 0 atom stereocenters. The van der Waals surface area contributed by atoms with Crippen LogP contribution in [0.3, 0.4) is 0 Å². The van der Waals surface area contributed by atoms with Crippen LogP contribution in [0.5, 0.6) is 0 Å². The number of ether oxygens (including phenoxy) is 1. The Kier molecular flexibility index (Phi) is 4.96. The highest BCUT2D eigenvalue weighted by atomic mass is 16.5. The molecule has 0 fully saturated rings. The number of hydrogen-bond donors (Lipinski definition) is 1. The second kappa shape index (κ2) is 6.01. The van der Waals surface area contributed by atoms with Crippen molar-refractivity contribution in [2.75, 3.05) is 20.7 Å². The first-order chi connectivity index (χ1) is 7.57. The lowest BCUT2D eigenvalue weighted by atomic mass is 10.0. The van der Waals surface area contributed by atoms with Gasteiger partial charge in [-0.15, -0.1) is 0 Å². The largest absolute Gasteiger partial charge is 0.446 e. The Hall–Kier alpha value is -0.870. The first kappa shape index (κ1) is 13.2. The van der Waals surface area contributed by atoms with Crippen molar-refractivity contribution < 1.29 is 9.15 Å². The van der Waals surface area contributed by atoms with Crippen LogP contribution in [0.4, 0.5) is 0 Å². The first-order valence-corrected chi connectivity index (χ1v) is 5.71. The van der Waals surface area contributed by atoms with Crippen LogP contribution in [-0.4, -0.2) is 31.3 Å². The van der Waals surface area contributed by atoms with Crippen molar-refractivity contribution >= 4 is 0 Å². The normalized spacial score (nSPS) is 12.0. The van der Waals surface area contributed by atoms with Crippen LogP contribution in [0.25, 0.3) is 0 Å². The van der Waals surface area contributed by atoms with Gasteiger partial charge in [0.05, 0.1) is 11.8 Å². The van der Waals surface area contributed by atoms with Gasteiger partial charge in [-0.1, -0.05) is 0 Å². The molecular weight excluding hydrogens is 204 g/mol. The van der Waals surface area contributed by atoms with Crippen LogP contribution in [0.15, 0.2) is 10.6 Å². The summed E-state index contributed by atoms with van der Waals surface area (Å²) in [5.74, 6) is 1.71. The number of rotatable bonds is 7. The van der Waals surface area contributed by atoms with Crippen LogP contribution < -0.4 is 5.32 Å². The van der Waals surface area contributed by atoms with Crippen molar-refractivity contribution in [3.63, 3.8) is 0 Å². The maximum Gasteiger partial charge on any atom is 0.194 e. The van der Waals surface area contributed by atoms with Gasteiger partial charge in [-0.05, 0) is 33.9 Å². The molecule has 1 heterocycles. The Labute approximate surface area is 97.4 Å². The fraction of sp³-hybridized carbons (Fsp3) is 0.750. The first-order valence-electron chi connectivity index (χ1n) is 5.71. The molecule has 1 N–H and O–H groups in total. The average Bonchev–Trinajstić information content (AvgIpc) is 2.65. The summed E-state index contributed by atoms with van der Waals surface area (Å²) in [5, 5.41) is 3.10. The van der Waals surface area contributed by atoms with Crippen LogP contribution in [0, 0.1) is 0 Å². The van der Waals surface area contributed by atoms with Crippen LogP contribution >= 0.6 is 0 Å². The van der Waals surface area contributed by atoms with Gasteiger partial charge in [-0.2, -0.15) is 0 Å². The van der Waals surface area contributed by atoms with E-state index in [-0.39, 0.29) is 5.60 Å². The summed E-state index contributed by atoms with van der Waals surface area (Å²) in [5.41, 5.74) is -0.193. The summed E-state index contributed by atoms with van der Waals surface area (Å²) in [7, 11) is 3.66. The van der Waals surface area contributed by atoms with Crippen molar-refractivity contribution in [2.24, 2.45) is 0 Å². The lowest BCUT2D eigenvalue weighted by Gasteiger charge is -2.20. The summed E-state index contributed by atoms with van der Waals surface area (Å²) < 4.78 is 11.0. The van der Waals surface area contributed by atoms with Crippen molar-refractivity contribution in [2.45, 2.75) is 38.7 Å². The molecule has 0 unspecified atom stereocenters. The van der Waals surface area contributed by atoms with Gasteiger partial charge < -0.3 is 14.5 Å². The molecule has 0 radical (unpaired) electrons. The van der Waals surface area contributed by atoms with E-state index in [4.69, 9.17) is 9.15 Å². The van der Waals surface area contributed by atoms with Gasteiger partial charge in [-0.3, -0.25) is 0 Å². The Morgan fingerprint density at radius 1 is 1.50 bits per heavy atom. The van der Waals surface area contributed by atoms with Crippen LogP contribution in [0.1, 0.15) is 31.9 Å². The molecule has 4 nitrogen and oxygen atoms in total. The Balaban J connectivity index is 2.45. The van der Waals surface area contributed by atoms with E-state index in [0.717, 1.165) is 37.5 Å². The van der Waals surface area contributed by atoms with Gasteiger partial charge >= 0.3 is 0 Å². The molecule has 4 heteroatoms. The van der Waals surface area contributed by atoms with Gasteiger partial charge in [0, 0.05) is 20.0 Å². The van der Waals surface area contributed by atoms with E-state index in [1.807, 2.05) is 20.9 Å². The predicted molar refractivity (Wildman–Crippen MR) is 63.5 cm³/mol. The topological polar surface area (TPSA) is 47.3 Å². The van der Waals surface area contributed by atoms with E-state index < -0.39 is 0 Å². The fourth-order valence-corrected chi connectivity index (χ4v) is 1.45. The van der Waals surface area contributed by atoms with E-state index in [9.17, 15) is 0 Å². The highest BCUT2D eigenvalue weighted by molar-refractivity contribution is 4.98. The highest BCUT2D eigenvalue weighted by Gasteiger charge is 2.19. The van der Waals surface area contributed by atoms with Crippen molar-refractivity contribution in [1.29, 1.82) is 0 Å². The Morgan fingerprint density at radius 2 is 2.25 bits per heavy atom. The summed E-state index contributed by atoms with van der Waals surface area (Å²) >= 11 is 0. The summed E-state index contributed by atoms with van der Waals surface area (Å²) in [6.07, 6.45) is 4.48. The molecule has 0 aliphatic heterocycles. The molecule has 1 aromatic heterocycles. The van der Waals surface area contributed by atoms with Crippen molar-refractivity contribution in [1.82, 2.24) is 10.3 Å². The van der Waals surface area contributed by atoms with E-state index in [0.29, 0.717) is 0 Å². The molecule has 0 aromatic carbocycles. The molecule has 0 aliphatic rings. The SMILES string of the molecule is CNCCCc1ncc(CC(C)(C)OC)o1. The number of hydrogen-bond acceptors (Lipinski definition) is 4. The van der Waals surface area contributed by atoms with E-state index in [1.165, 1.54) is 0 Å². The zero-order valence-corrected chi connectivity index (χ0v) is 10.7. The average molecular weight is 226 g/mol. The summed E-state index contributed by atoms with van der Waals surface area (Å²) in [6.45, 7) is 5.06. The third-order valence-corrected chi connectivity index (χ3v) is 2.57. The minimum Gasteiger partial charge on any atom is -0.446 e. The van der Waals surface area contributed by atoms with Gasteiger partial charge in [0.25, 0.3) is 0 Å². The molecule has 1 aromatic rings.